The molecular formula is C25H21N3O7. The van der Waals surface area contributed by atoms with Crippen molar-refractivity contribution >= 4 is 23.6 Å². The third kappa shape index (κ3) is 6.11. The Balaban J connectivity index is 1.82. The summed E-state index contributed by atoms with van der Waals surface area (Å²) in [6.45, 7) is 3.58. The van der Waals surface area contributed by atoms with Crippen molar-refractivity contribution in [3.8, 4) is 17.6 Å². The van der Waals surface area contributed by atoms with Gasteiger partial charge in [0.2, 0.25) is 0 Å². The first-order valence-electron chi connectivity index (χ1n) is 10.5. The lowest BCUT2D eigenvalue weighted by Gasteiger charge is -2.12. The standard InChI is InChI=1S/C25H21N3O7/c1-3-33-23-13-17(12-18(14-26)24(29)27-15-19-6-5-11-34-19)9-10-22(23)35-25(30)20-7-4-8-21(16(20)2)28(31)32/h4-13H,3,15H2,1-2H3,(H,27,29)/b18-12+. The Kier molecular flexibility index (Phi) is 7.98. The highest BCUT2D eigenvalue weighted by molar-refractivity contribution is 6.01. The molecule has 0 spiro atoms. The Bertz CT molecular complexity index is 1320. The number of carbonyl (C=O) groups is 2. The summed E-state index contributed by atoms with van der Waals surface area (Å²) < 4.78 is 16.2. The van der Waals surface area contributed by atoms with Crippen molar-refractivity contribution in [2.45, 2.75) is 20.4 Å². The molecule has 2 aromatic carbocycles. The highest BCUT2D eigenvalue weighted by Gasteiger charge is 2.21. The number of nitro benzene ring substituents is 1. The van der Waals surface area contributed by atoms with E-state index in [9.17, 15) is 25.0 Å². The van der Waals surface area contributed by atoms with Crippen LogP contribution in [0, 0.1) is 28.4 Å². The molecule has 0 fully saturated rings. The van der Waals surface area contributed by atoms with Crippen LogP contribution in [0.1, 0.15) is 34.2 Å². The molecule has 1 aromatic heterocycles. The molecule has 10 heteroatoms. The van der Waals surface area contributed by atoms with E-state index in [1.165, 1.54) is 49.6 Å². The molecule has 1 N–H and O–H groups in total. The second kappa shape index (κ2) is 11.3. The summed E-state index contributed by atoms with van der Waals surface area (Å²) in [5, 5.41) is 23.2. The van der Waals surface area contributed by atoms with E-state index in [0.717, 1.165) is 0 Å². The minimum Gasteiger partial charge on any atom is -0.490 e. The molecule has 0 aliphatic rings. The fraction of sp³-hybridized carbons (Fsp3) is 0.160. The van der Waals surface area contributed by atoms with Gasteiger partial charge in [-0.25, -0.2) is 4.79 Å². The normalized spacial score (nSPS) is 10.8. The monoisotopic (exact) mass is 475 g/mol. The van der Waals surface area contributed by atoms with Crippen LogP contribution >= 0.6 is 0 Å². The number of benzene rings is 2. The van der Waals surface area contributed by atoms with Gasteiger partial charge in [0.15, 0.2) is 11.5 Å². The lowest BCUT2D eigenvalue weighted by molar-refractivity contribution is -0.385. The van der Waals surface area contributed by atoms with Crippen LogP contribution in [-0.2, 0) is 11.3 Å². The van der Waals surface area contributed by atoms with E-state index in [0.29, 0.717) is 11.3 Å². The first kappa shape index (κ1) is 24.7. The molecule has 3 rings (SSSR count). The number of hydrogen-bond acceptors (Lipinski definition) is 8. The zero-order chi connectivity index (χ0) is 25.4. The second-order valence-corrected chi connectivity index (χ2v) is 7.17. The number of carbonyl (C=O) groups excluding carboxylic acids is 2. The zero-order valence-electron chi connectivity index (χ0n) is 18.9. The molecular weight excluding hydrogens is 454 g/mol. The Labute approximate surface area is 200 Å². The van der Waals surface area contributed by atoms with E-state index in [1.807, 2.05) is 6.07 Å². The van der Waals surface area contributed by atoms with Gasteiger partial charge in [0, 0.05) is 11.6 Å². The Hall–Kier alpha value is -4.91. The quantitative estimate of drug-likeness (QED) is 0.120. The van der Waals surface area contributed by atoms with Crippen molar-refractivity contribution in [3.05, 3.63) is 92.9 Å². The highest BCUT2D eigenvalue weighted by Crippen LogP contribution is 2.31. The van der Waals surface area contributed by atoms with Gasteiger partial charge in [-0.05, 0) is 55.8 Å². The van der Waals surface area contributed by atoms with Gasteiger partial charge in [-0.3, -0.25) is 14.9 Å². The Morgan fingerprint density at radius 2 is 2.00 bits per heavy atom. The maximum atomic E-state index is 12.7. The van der Waals surface area contributed by atoms with Crippen molar-refractivity contribution in [1.82, 2.24) is 5.32 Å². The molecule has 0 saturated heterocycles. The summed E-state index contributed by atoms with van der Waals surface area (Å²) in [6.07, 6.45) is 2.85. The maximum absolute atomic E-state index is 12.7. The zero-order valence-corrected chi connectivity index (χ0v) is 18.9. The summed E-state index contributed by atoms with van der Waals surface area (Å²) in [6, 6.07) is 13.9. The summed E-state index contributed by atoms with van der Waals surface area (Å²) in [5.74, 6) is -0.546. The molecule has 178 valence electrons. The number of rotatable bonds is 9. The molecule has 35 heavy (non-hydrogen) atoms. The van der Waals surface area contributed by atoms with Crippen molar-refractivity contribution in [2.75, 3.05) is 6.61 Å². The molecule has 0 bridgehead atoms. The molecule has 0 unspecified atom stereocenters. The first-order valence-corrected chi connectivity index (χ1v) is 10.5. The van der Waals surface area contributed by atoms with E-state index in [2.05, 4.69) is 5.32 Å². The van der Waals surface area contributed by atoms with Gasteiger partial charge in [-0.1, -0.05) is 12.1 Å². The number of nitrogens with zero attached hydrogens (tertiary/aromatic N) is 2. The molecule has 0 radical (unpaired) electrons. The van der Waals surface area contributed by atoms with Crippen LogP contribution in [0.15, 0.2) is 64.8 Å². The number of hydrogen-bond donors (Lipinski definition) is 1. The second-order valence-electron chi connectivity index (χ2n) is 7.17. The van der Waals surface area contributed by atoms with Crippen molar-refractivity contribution in [3.63, 3.8) is 0 Å². The van der Waals surface area contributed by atoms with Crippen LogP contribution < -0.4 is 14.8 Å². The number of nitro groups is 1. The topological polar surface area (TPSA) is 145 Å². The van der Waals surface area contributed by atoms with Crippen molar-refractivity contribution < 1.29 is 28.4 Å². The van der Waals surface area contributed by atoms with Gasteiger partial charge in [-0.2, -0.15) is 5.26 Å². The SMILES string of the molecule is CCOc1cc(/C=C(\C#N)C(=O)NCc2ccco2)ccc1OC(=O)c1cccc([N+](=O)[O-])c1C. The van der Waals surface area contributed by atoms with Gasteiger partial charge < -0.3 is 19.2 Å². The molecule has 1 heterocycles. The molecule has 1 amide bonds. The number of amides is 1. The minimum atomic E-state index is -0.787. The number of furan rings is 1. The first-order chi connectivity index (χ1) is 16.8. The van der Waals surface area contributed by atoms with Crippen molar-refractivity contribution in [1.29, 1.82) is 5.26 Å². The van der Waals surface area contributed by atoms with Gasteiger partial charge in [0.1, 0.15) is 17.4 Å². The maximum Gasteiger partial charge on any atom is 0.344 e. The third-order valence-electron chi connectivity index (χ3n) is 4.87. The van der Waals surface area contributed by atoms with E-state index in [4.69, 9.17) is 13.9 Å². The number of esters is 1. The predicted octanol–water partition coefficient (Wildman–Crippen LogP) is 4.34. The smallest absolute Gasteiger partial charge is 0.344 e. The predicted molar refractivity (Wildman–Crippen MR) is 125 cm³/mol. The van der Waals surface area contributed by atoms with Crippen LogP contribution in [0.25, 0.3) is 6.08 Å². The summed E-state index contributed by atoms with van der Waals surface area (Å²) in [5.41, 5.74) is 0.352. The third-order valence-corrected chi connectivity index (χ3v) is 4.87. The van der Waals surface area contributed by atoms with E-state index < -0.39 is 16.8 Å². The molecule has 10 nitrogen and oxygen atoms in total. The highest BCUT2D eigenvalue weighted by atomic mass is 16.6. The molecule has 0 saturated carbocycles. The van der Waals surface area contributed by atoms with Gasteiger partial charge in [0.25, 0.3) is 11.6 Å². The van der Waals surface area contributed by atoms with Crippen LogP contribution in [0.2, 0.25) is 0 Å². The number of nitriles is 1. The largest absolute Gasteiger partial charge is 0.490 e. The van der Waals surface area contributed by atoms with E-state index >= 15 is 0 Å². The van der Waals surface area contributed by atoms with Gasteiger partial charge in [-0.15, -0.1) is 0 Å². The Morgan fingerprint density at radius 3 is 2.66 bits per heavy atom. The average molecular weight is 475 g/mol. The minimum absolute atomic E-state index is 0.0469. The van der Waals surface area contributed by atoms with E-state index in [-0.39, 0.29) is 47.0 Å². The van der Waals surface area contributed by atoms with Gasteiger partial charge in [0.05, 0.1) is 29.9 Å². The molecule has 3 aromatic rings. The number of ether oxygens (including phenoxy) is 2. The molecule has 0 aliphatic carbocycles. The average Bonchev–Trinajstić information content (AvgIpc) is 3.36. The summed E-state index contributed by atoms with van der Waals surface area (Å²) in [4.78, 5) is 35.7. The molecule has 0 aliphatic heterocycles. The van der Waals surface area contributed by atoms with Crippen LogP contribution in [0.5, 0.6) is 11.5 Å². The van der Waals surface area contributed by atoms with Crippen molar-refractivity contribution in [2.24, 2.45) is 0 Å². The lowest BCUT2D eigenvalue weighted by atomic mass is 10.1. The molecule has 0 atom stereocenters. The summed E-state index contributed by atoms with van der Waals surface area (Å²) in [7, 11) is 0. The summed E-state index contributed by atoms with van der Waals surface area (Å²) >= 11 is 0. The fourth-order valence-electron chi connectivity index (χ4n) is 3.16. The Morgan fingerprint density at radius 1 is 1.20 bits per heavy atom. The van der Waals surface area contributed by atoms with Crippen LogP contribution in [0.3, 0.4) is 0 Å². The van der Waals surface area contributed by atoms with Gasteiger partial charge >= 0.3 is 5.97 Å². The number of nitrogens with one attached hydrogen (secondary N) is 1. The fourth-order valence-corrected chi connectivity index (χ4v) is 3.16. The van der Waals surface area contributed by atoms with Crippen LogP contribution in [0.4, 0.5) is 5.69 Å². The van der Waals surface area contributed by atoms with Crippen LogP contribution in [-0.4, -0.2) is 23.4 Å². The van der Waals surface area contributed by atoms with E-state index in [1.54, 1.807) is 25.1 Å². The lowest BCUT2D eigenvalue weighted by Crippen LogP contribution is -2.23.